The van der Waals surface area contributed by atoms with Gasteiger partial charge in [0.15, 0.2) is 0 Å². The molecule has 2 heterocycles. The third-order valence-electron chi connectivity index (χ3n) is 3.08. The molecule has 3 rings (SSSR count). The Bertz CT molecular complexity index is 443. The van der Waals surface area contributed by atoms with E-state index in [1.807, 2.05) is 4.90 Å². The van der Waals surface area contributed by atoms with Crippen LogP contribution in [0.5, 0.6) is 5.75 Å². The molecule has 0 bridgehead atoms. The van der Waals surface area contributed by atoms with E-state index in [-0.39, 0.29) is 11.7 Å². The van der Waals surface area contributed by atoms with E-state index in [0.717, 1.165) is 24.5 Å². The van der Waals surface area contributed by atoms with E-state index in [4.69, 9.17) is 0 Å². The maximum absolute atomic E-state index is 11.5. The van der Waals surface area contributed by atoms with Crippen LogP contribution in [0.4, 0.5) is 11.4 Å². The Labute approximate surface area is 93.1 Å². The summed E-state index contributed by atoms with van der Waals surface area (Å²) in [7, 11) is 0. The molecular formula is C11H13N3O2. The molecule has 2 aliphatic heterocycles. The van der Waals surface area contributed by atoms with Gasteiger partial charge in [-0.1, -0.05) is 0 Å². The number of aromatic hydroxyl groups is 1. The summed E-state index contributed by atoms with van der Waals surface area (Å²) in [4.78, 5) is 13.6. The number of nitrogens with zero attached hydrogens (tertiary/aromatic N) is 1. The minimum atomic E-state index is 0.00471. The van der Waals surface area contributed by atoms with E-state index in [9.17, 15) is 9.90 Å². The van der Waals surface area contributed by atoms with E-state index in [0.29, 0.717) is 12.6 Å². The summed E-state index contributed by atoms with van der Waals surface area (Å²) in [6.45, 7) is 2.15. The van der Waals surface area contributed by atoms with Crippen molar-refractivity contribution >= 4 is 17.3 Å². The molecule has 5 nitrogen and oxygen atoms in total. The molecular weight excluding hydrogens is 206 g/mol. The number of hydrogen-bond donors (Lipinski definition) is 3. The van der Waals surface area contributed by atoms with Crippen LogP contribution in [0.25, 0.3) is 0 Å². The average molecular weight is 219 g/mol. The molecule has 1 aromatic carbocycles. The van der Waals surface area contributed by atoms with Crippen molar-refractivity contribution in [3.05, 3.63) is 18.2 Å². The van der Waals surface area contributed by atoms with Crippen molar-refractivity contribution < 1.29 is 9.90 Å². The van der Waals surface area contributed by atoms with E-state index in [2.05, 4.69) is 10.6 Å². The van der Waals surface area contributed by atoms with Crippen molar-refractivity contribution in [2.24, 2.45) is 0 Å². The van der Waals surface area contributed by atoms with Crippen molar-refractivity contribution in [3.63, 3.8) is 0 Å². The highest BCUT2D eigenvalue weighted by Crippen LogP contribution is 2.34. The van der Waals surface area contributed by atoms with Crippen LogP contribution in [0.2, 0.25) is 0 Å². The molecule has 0 unspecified atom stereocenters. The average Bonchev–Trinajstić information content (AvgIpc) is 2.16. The predicted molar refractivity (Wildman–Crippen MR) is 60.7 cm³/mol. The van der Waals surface area contributed by atoms with Crippen LogP contribution >= 0.6 is 0 Å². The number of phenols is 1. The molecule has 84 valence electrons. The Morgan fingerprint density at radius 3 is 2.88 bits per heavy atom. The highest BCUT2D eigenvalue weighted by Gasteiger charge is 2.31. The number of nitrogens with one attached hydrogen (secondary N) is 2. The number of amides is 1. The van der Waals surface area contributed by atoms with Crippen LogP contribution in [-0.2, 0) is 4.79 Å². The van der Waals surface area contributed by atoms with Crippen LogP contribution in [0.3, 0.4) is 0 Å². The van der Waals surface area contributed by atoms with E-state index in [1.165, 1.54) is 0 Å². The number of anilines is 2. The molecule has 1 amide bonds. The summed E-state index contributed by atoms with van der Waals surface area (Å²) in [6.07, 6.45) is 0. The second-order valence-electron chi connectivity index (χ2n) is 4.19. The van der Waals surface area contributed by atoms with Crippen LogP contribution in [0.15, 0.2) is 18.2 Å². The molecule has 0 saturated carbocycles. The summed E-state index contributed by atoms with van der Waals surface area (Å²) in [5.41, 5.74) is 1.69. The number of carbonyl (C=O) groups excluding carboxylic acids is 1. The molecule has 1 saturated heterocycles. The number of fused-ring (bicyclic) bond motifs is 1. The van der Waals surface area contributed by atoms with Crippen molar-refractivity contribution in [1.29, 1.82) is 0 Å². The number of phenolic OH excluding ortho intramolecular Hbond substituents is 1. The third kappa shape index (κ3) is 1.40. The smallest absolute Gasteiger partial charge is 0.243 e. The van der Waals surface area contributed by atoms with Crippen LogP contribution in [-0.4, -0.2) is 36.7 Å². The molecule has 0 aromatic heterocycles. The number of benzene rings is 1. The molecule has 0 radical (unpaired) electrons. The fourth-order valence-electron chi connectivity index (χ4n) is 2.11. The molecule has 2 aliphatic rings. The zero-order valence-corrected chi connectivity index (χ0v) is 8.73. The number of rotatable bonds is 1. The van der Waals surface area contributed by atoms with Crippen molar-refractivity contribution in [3.8, 4) is 5.75 Å². The lowest BCUT2D eigenvalue weighted by molar-refractivity contribution is -0.115. The van der Waals surface area contributed by atoms with Crippen molar-refractivity contribution in [1.82, 2.24) is 5.32 Å². The Kier molecular flexibility index (Phi) is 2.00. The van der Waals surface area contributed by atoms with Gasteiger partial charge in [-0.15, -0.1) is 0 Å². The summed E-state index contributed by atoms with van der Waals surface area (Å²) in [5.74, 6) is 0.234. The van der Waals surface area contributed by atoms with Gasteiger partial charge in [0.25, 0.3) is 0 Å². The van der Waals surface area contributed by atoms with Crippen LogP contribution in [0, 0.1) is 0 Å². The molecule has 1 aromatic rings. The maximum Gasteiger partial charge on any atom is 0.243 e. The SMILES string of the molecule is O=C1CN(C2CNC2)c2cc(O)ccc2N1. The van der Waals surface area contributed by atoms with Gasteiger partial charge in [0.2, 0.25) is 5.91 Å². The van der Waals surface area contributed by atoms with E-state index >= 15 is 0 Å². The Morgan fingerprint density at radius 1 is 1.38 bits per heavy atom. The fraction of sp³-hybridized carbons (Fsp3) is 0.364. The largest absolute Gasteiger partial charge is 0.508 e. The van der Waals surface area contributed by atoms with Crippen molar-refractivity contribution in [2.45, 2.75) is 6.04 Å². The number of carbonyl (C=O) groups is 1. The highest BCUT2D eigenvalue weighted by atomic mass is 16.3. The zero-order valence-electron chi connectivity index (χ0n) is 8.73. The first-order chi connectivity index (χ1) is 7.74. The van der Waals surface area contributed by atoms with Gasteiger partial charge in [-0.05, 0) is 12.1 Å². The molecule has 0 aliphatic carbocycles. The Morgan fingerprint density at radius 2 is 2.19 bits per heavy atom. The molecule has 16 heavy (non-hydrogen) atoms. The van der Waals surface area contributed by atoms with Gasteiger partial charge in [0, 0.05) is 19.2 Å². The molecule has 0 spiro atoms. The minimum Gasteiger partial charge on any atom is -0.508 e. The monoisotopic (exact) mass is 219 g/mol. The molecule has 3 N–H and O–H groups in total. The quantitative estimate of drug-likeness (QED) is 0.587. The molecule has 0 atom stereocenters. The standard InChI is InChI=1S/C11H13N3O2/c15-8-1-2-9-10(3-8)14(6-11(16)13-9)7-4-12-5-7/h1-3,7,12,15H,4-6H2,(H,13,16). The first-order valence-corrected chi connectivity index (χ1v) is 5.34. The van der Waals surface area contributed by atoms with Gasteiger partial charge in [-0.2, -0.15) is 0 Å². The lowest BCUT2D eigenvalue weighted by atomic mass is 10.1. The van der Waals surface area contributed by atoms with Crippen LogP contribution < -0.4 is 15.5 Å². The molecule has 1 fully saturated rings. The van der Waals surface area contributed by atoms with Crippen LogP contribution in [0.1, 0.15) is 0 Å². The lowest BCUT2D eigenvalue weighted by Gasteiger charge is -2.42. The third-order valence-corrected chi connectivity index (χ3v) is 3.08. The first kappa shape index (κ1) is 9.47. The minimum absolute atomic E-state index is 0.00471. The van der Waals surface area contributed by atoms with E-state index in [1.54, 1.807) is 18.2 Å². The Hall–Kier alpha value is -1.75. The summed E-state index contributed by atoms with van der Waals surface area (Å²) in [5, 5.41) is 15.5. The van der Waals surface area contributed by atoms with E-state index < -0.39 is 0 Å². The maximum atomic E-state index is 11.5. The first-order valence-electron chi connectivity index (χ1n) is 5.34. The highest BCUT2D eigenvalue weighted by molar-refractivity contribution is 6.01. The Balaban J connectivity index is 2.01. The van der Waals surface area contributed by atoms with Gasteiger partial charge < -0.3 is 20.6 Å². The predicted octanol–water partition coefficient (Wildman–Crippen LogP) is 0.122. The fourth-order valence-corrected chi connectivity index (χ4v) is 2.11. The van der Waals surface area contributed by atoms with Gasteiger partial charge in [-0.25, -0.2) is 0 Å². The second-order valence-corrected chi connectivity index (χ2v) is 4.19. The summed E-state index contributed by atoms with van der Waals surface area (Å²) >= 11 is 0. The zero-order chi connectivity index (χ0) is 11.1. The summed E-state index contributed by atoms with van der Waals surface area (Å²) < 4.78 is 0. The molecule has 5 heteroatoms. The summed E-state index contributed by atoms with van der Waals surface area (Å²) in [6, 6.07) is 5.38. The van der Waals surface area contributed by atoms with Gasteiger partial charge in [-0.3, -0.25) is 4.79 Å². The topological polar surface area (TPSA) is 64.6 Å². The van der Waals surface area contributed by atoms with Crippen molar-refractivity contribution in [2.75, 3.05) is 29.9 Å². The normalized spacial score (nSPS) is 20.0. The van der Waals surface area contributed by atoms with Gasteiger partial charge in [0.1, 0.15) is 5.75 Å². The number of hydrogen-bond acceptors (Lipinski definition) is 4. The second kappa shape index (κ2) is 3.38. The van der Waals surface area contributed by atoms with Gasteiger partial charge >= 0.3 is 0 Å². The van der Waals surface area contributed by atoms with Gasteiger partial charge in [0.05, 0.1) is 24.0 Å². The lowest BCUT2D eigenvalue weighted by Crippen LogP contribution is -2.60.